The highest BCUT2D eigenvalue weighted by Gasteiger charge is 2.26. The first kappa shape index (κ1) is 27.6. The number of nitrogens with zero attached hydrogens (tertiary/aromatic N) is 2. The zero-order valence-corrected chi connectivity index (χ0v) is 20.6. The molecule has 2 aromatic rings. The molecule has 184 valence electrons. The molecule has 0 bridgehead atoms. The third-order valence-corrected chi connectivity index (χ3v) is 5.51. The van der Waals surface area contributed by atoms with E-state index in [9.17, 15) is 24.9 Å². The third-order valence-electron chi connectivity index (χ3n) is 5.51. The van der Waals surface area contributed by atoms with Crippen molar-refractivity contribution < 1.29 is 24.4 Å². The van der Waals surface area contributed by atoms with Crippen LogP contribution in [0.25, 0.3) is 6.08 Å². The predicted octanol–water partition coefficient (Wildman–Crippen LogP) is 2.74. The van der Waals surface area contributed by atoms with Crippen molar-refractivity contribution in [3.05, 3.63) is 76.9 Å². The zero-order chi connectivity index (χ0) is 26.0. The van der Waals surface area contributed by atoms with Crippen LogP contribution in [0.4, 0.5) is 4.79 Å². The molecular formula is C26H32BN3O5. The number of nitriles is 1. The van der Waals surface area contributed by atoms with Crippen molar-refractivity contribution in [3.8, 4) is 6.07 Å². The highest BCUT2D eigenvalue weighted by atomic mass is 16.5. The van der Waals surface area contributed by atoms with E-state index in [1.54, 1.807) is 25.3 Å². The number of hydrogen-bond acceptors (Lipinski definition) is 6. The van der Waals surface area contributed by atoms with Crippen molar-refractivity contribution in [3.63, 3.8) is 0 Å². The Morgan fingerprint density at radius 1 is 1.14 bits per heavy atom. The lowest BCUT2D eigenvalue weighted by molar-refractivity contribution is -0.129. The maximum atomic E-state index is 12.6. The van der Waals surface area contributed by atoms with Crippen molar-refractivity contribution in [2.75, 3.05) is 13.7 Å². The van der Waals surface area contributed by atoms with E-state index in [1.165, 1.54) is 4.90 Å². The zero-order valence-electron chi connectivity index (χ0n) is 20.6. The van der Waals surface area contributed by atoms with Crippen LogP contribution in [0.15, 0.2) is 60.2 Å². The lowest BCUT2D eigenvalue weighted by atomic mass is 9.76. The fourth-order valence-electron chi connectivity index (χ4n) is 3.19. The second-order valence-electron chi connectivity index (χ2n) is 9.19. The largest absolute Gasteiger partial charge is 0.475 e. The Bertz CT molecular complexity index is 1070. The van der Waals surface area contributed by atoms with E-state index in [0.717, 1.165) is 11.1 Å². The van der Waals surface area contributed by atoms with Crippen LogP contribution >= 0.6 is 0 Å². The summed E-state index contributed by atoms with van der Waals surface area (Å²) in [6.45, 7) is 5.74. The maximum Gasteiger partial charge on any atom is 0.475 e. The molecule has 2 amide bonds. The van der Waals surface area contributed by atoms with Crippen LogP contribution < -0.4 is 5.32 Å². The molecule has 0 radical (unpaired) electrons. The van der Waals surface area contributed by atoms with Crippen molar-refractivity contribution in [1.29, 1.82) is 5.26 Å². The summed E-state index contributed by atoms with van der Waals surface area (Å²) in [7, 11) is -0.0763. The van der Waals surface area contributed by atoms with E-state index < -0.39 is 24.7 Å². The van der Waals surface area contributed by atoms with Gasteiger partial charge in [-0.1, -0.05) is 54.6 Å². The molecule has 0 aromatic heterocycles. The number of benzene rings is 2. The minimum Gasteiger partial charge on any atom is -0.449 e. The maximum absolute atomic E-state index is 12.6. The van der Waals surface area contributed by atoms with Gasteiger partial charge in [0.1, 0.15) is 11.6 Å². The standard InChI is InChI=1S/C26H32BN3O5/c1-26(2,3)30(4)24(31)22(18-28)16-21-12-8-11-20(15-21)13-14-35-25(32)29-23(27(33)34)17-19-9-6-5-7-10-19/h5-12,15-16,23,33-34H,13-14,17H2,1-4H3,(H,29,32)/t23-/m0/s1. The van der Waals surface area contributed by atoms with Crippen molar-refractivity contribution in [2.45, 2.75) is 45.1 Å². The summed E-state index contributed by atoms with van der Waals surface area (Å²) in [6.07, 6.45) is 1.43. The highest BCUT2D eigenvalue weighted by Crippen LogP contribution is 2.17. The smallest absolute Gasteiger partial charge is 0.449 e. The summed E-state index contributed by atoms with van der Waals surface area (Å²) in [5.74, 6) is -1.27. The van der Waals surface area contributed by atoms with Gasteiger partial charge in [-0.3, -0.25) is 4.79 Å². The first-order chi connectivity index (χ1) is 16.5. The van der Waals surface area contributed by atoms with E-state index in [2.05, 4.69) is 5.32 Å². The number of hydrogen-bond donors (Lipinski definition) is 3. The molecule has 2 rings (SSSR count). The summed E-state index contributed by atoms with van der Waals surface area (Å²) < 4.78 is 5.21. The quantitative estimate of drug-likeness (QED) is 0.290. The van der Waals surface area contributed by atoms with Gasteiger partial charge in [-0.05, 0) is 50.0 Å². The van der Waals surface area contributed by atoms with E-state index in [4.69, 9.17) is 4.74 Å². The van der Waals surface area contributed by atoms with Gasteiger partial charge in [-0.25, -0.2) is 4.79 Å². The number of rotatable bonds is 9. The number of ether oxygens (including phenoxy) is 1. The van der Waals surface area contributed by atoms with Crippen LogP contribution in [0.2, 0.25) is 0 Å². The Balaban J connectivity index is 1.95. The minimum atomic E-state index is -1.74. The second kappa shape index (κ2) is 12.7. The summed E-state index contributed by atoms with van der Waals surface area (Å²) in [5.41, 5.74) is 2.00. The Kier molecular flexibility index (Phi) is 10.1. The van der Waals surface area contributed by atoms with Gasteiger partial charge in [0.05, 0.1) is 12.5 Å². The molecule has 0 aliphatic rings. The Morgan fingerprint density at radius 2 is 1.80 bits per heavy atom. The molecule has 0 saturated heterocycles. The number of carbonyl (C=O) groups is 2. The van der Waals surface area contributed by atoms with Crippen LogP contribution in [0.3, 0.4) is 0 Å². The molecule has 3 N–H and O–H groups in total. The topological polar surface area (TPSA) is 123 Å². The van der Waals surface area contributed by atoms with Crippen LogP contribution in [0.5, 0.6) is 0 Å². The summed E-state index contributed by atoms with van der Waals surface area (Å²) in [5, 5.41) is 31.2. The molecule has 9 heteroatoms. The average molecular weight is 477 g/mol. The number of alkyl carbamates (subject to hydrolysis) is 1. The summed E-state index contributed by atoms with van der Waals surface area (Å²) >= 11 is 0. The van der Waals surface area contributed by atoms with Crippen LogP contribution in [-0.4, -0.2) is 59.2 Å². The Hall–Kier alpha value is -3.61. The van der Waals surface area contributed by atoms with Gasteiger partial charge in [0.25, 0.3) is 5.91 Å². The molecular weight excluding hydrogens is 445 g/mol. The van der Waals surface area contributed by atoms with Gasteiger partial charge in [-0.15, -0.1) is 0 Å². The minimum absolute atomic E-state index is 0.0298. The van der Waals surface area contributed by atoms with Crippen LogP contribution in [-0.2, 0) is 22.4 Å². The van der Waals surface area contributed by atoms with Crippen LogP contribution in [0.1, 0.15) is 37.5 Å². The lowest BCUT2D eigenvalue weighted by Gasteiger charge is -2.31. The molecule has 35 heavy (non-hydrogen) atoms. The monoisotopic (exact) mass is 477 g/mol. The Labute approximate surface area is 207 Å². The van der Waals surface area contributed by atoms with Crippen molar-refractivity contribution in [2.24, 2.45) is 0 Å². The molecule has 0 aliphatic carbocycles. The Morgan fingerprint density at radius 3 is 2.40 bits per heavy atom. The highest BCUT2D eigenvalue weighted by molar-refractivity contribution is 6.43. The number of likely N-dealkylation sites (N-methyl/N-ethyl adjacent to an activating group) is 1. The number of amides is 2. The van der Waals surface area contributed by atoms with Crippen molar-refractivity contribution in [1.82, 2.24) is 10.2 Å². The number of carbonyl (C=O) groups excluding carboxylic acids is 2. The van der Waals surface area contributed by atoms with Gasteiger partial charge in [-0.2, -0.15) is 5.26 Å². The average Bonchev–Trinajstić information content (AvgIpc) is 2.81. The molecule has 2 aromatic carbocycles. The van der Waals surface area contributed by atoms with E-state index in [1.807, 2.05) is 69.3 Å². The molecule has 0 fully saturated rings. The fourth-order valence-corrected chi connectivity index (χ4v) is 3.19. The predicted molar refractivity (Wildman–Crippen MR) is 135 cm³/mol. The molecule has 0 spiro atoms. The normalized spacial score (nSPS) is 12.3. The number of nitrogens with one attached hydrogen (secondary N) is 1. The third kappa shape index (κ3) is 8.93. The fraction of sp³-hybridized carbons (Fsp3) is 0.346. The van der Waals surface area contributed by atoms with Crippen LogP contribution in [0, 0.1) is 11.3 Å². The second-order valence-corrected chi connectivity index (χ2v) is 9.19. The molecule has 1 atom stereocenters. The van der Waals surface area contributed by atoms with E-state index >= 15 is 0 Å². The van der Waals surface area contributed by atoms with Gasteiger partial charge >= 0.3 is 13.2 Å². The molecule has 0 aliphatic heterocycles. The first-order valence-corrected chi connectivity index (χ1v) is 11.3. The van der Waals surface area contributed by atoms with Gasteiger partial charge < -0.3 is 25.0 Å². The molecule has 0 saturated carbocycles. The van der Waals surface area contributed by atoms with E-state index in [0.29, 0.717) is 12.0 Å². The molecule has 0 heterocycles. The molecule has 8 nitrogen and oxygen atoms in total. The van der Waals surface area contributed by atoms with Gasteiger partial charge in [0.2, 0.25) is 0 Å². The first-order valence-electron chi connectivity index (χ1n) is 11.3. The summed E-state index contributed by atoms with van der Waals surface area (Å²) in [4.78, 5) is 26.3. The summed E-state index contributed by atoms with van der Waals surface area (Å²) in [6, 6.07) is 18.4. The van der Waals surface area contributed by atoms with E-state index in [-0.39, 0.29) is 24.5 Å². The lowest BCUT2D eigenvalue weighted by Crippen LogP contribution is -2.48. The van der Waals surface area contributed by atoms with Crippen molar-refractivity contribution >= 4 is 25.2 Å². The molecule has 0 unspecified atom stereocenters. The van der Waals surface area contributed by atoms with Gasteiger partial charge in [0, 0.05) is 19.0 Å². The SMILES string of the molecule is CN(C(=O)C(C#N)=Cc1cccc(CCOC(=O)N[C@@H](Cc2ccccc2)B(O)O)c1)C(C)(C)C. The van der Waals surface area contributed by atoms with Gasteiger partial charge in [0.15, 0.2) is 0 Å².